The average molecular weight is 308 g/mol. The van der Waals surface area contributed by atoms with Crippen molar-refractivity contribution in [3.63, 3.8) is 0 Å². The number of hydrogen-bond acceptors (Lipinski definition) is 2. The second-order valence-corrected chi connectivity index (χ2v) is 6.13. The number of ether oxygens (including phenoxy) is 2. The standard InChI is InChI=1S/C21H24O2/c1-17-12-13-21(23-15-19-10-6-3-7-11-19)20(17)16-22-14-18-8-4-2-5-9-18/h2-12,20-21H,13-16H2,1H3/t20-,21-/m0/s1. The molecule has 0 heterocycles. The van der Waals surface area contributed by atoms with Crippen molar-refractivity contribution in [2.45, 2.75) is 32.7 Å². The maximum atomic E-state index is 6.14. The fourth-order valence-electron chi connectivity index (χ4n) is 2.99. The first-order valence-corrected chi connectivity index (χ1v) is 8.27. The van der Waals surface area contributed by atoms with Crippen LogP contribution in [0.5, 0.6) is 0 Å². The van der Waals surface area contributed by atoms with Crippen LogP contribution in [0.2, 0.25) is 0 Å². The molecule has 0 unspecified atom stereocenters. The summed E-state index contributed by atoms with van der Waals surface area (Å²) in [6, 6.07) is 20.7. The van der Waals surface area contributed by atoms with Crippen molar-refractivity contribution in [2.24, 2.45) is 5.92 Å². The van der Waals surface area contributed by atoms with Gasteiger partial charge in [-0.3, -0.25) is 0 Å². The lowest BCUT2D eigenvalue weighted by Gasteiger charge is -2.22. The monoisotopic (exact) mass is 308 g/mol. The SMILES string of the molecule is CC1=CC[C@H](OCc2ccccc2)[C@H]1COCc1ccccc1. The van der Waals surface area contributed by atoms with Gasteiger partial charge >= 0.3 is 0 Å². The van der Waals surface area contributed by atoms with Crippen LogP contribution in [0.4, 0.5) is 0 Å². The molecular weight excluding hydrogens is 284 g/mol. The highest BCUT2D eigenvalue weighted by Gasteiger charge is 2.28. The molecular formula is C21H24O2. The summed E-state index contributed by atoms with van der Waals surface area (Å²) in [6.07, 6.45) is 3.50. The lowest BCUT2D eigenvalue weighted by molar-refractivity contribution is -0.0134. The summed E-state index contributed by atoms with van der Waals surface area (Å²) < 4.78 is 12.1. The molecule has 120 valence electrons. The van der Waals surface area contributed by atoms with Gasteiger partial charge in [0, 0.05) is 5.92 Å². The zero-order chi connectivity index (χ0) is 15.9. The van der Waals surface area contributed by atoms with Crippen LogP contribution in [0.25, 0.3) is 0 Å². The molecule has 23 heavy (non-hydrogen) atoms. The molecule has 0 aromatic heterocycles. The van der Waals surface area contributed by atoms with Crippen molar-refractivity contribution in [3.05, 3.63) is 83.4 Å². The van der Waals surface area contributed by atoms with Gasteiger partial charge in [0.05, 0.1) is 25.9 Å². The third-order valence-electron chi connectivity index (χ3n) is 4.42. The Hall–Kier alpha value is -1.90. The molecule has 0 fully saturated rings. The molecule has 2 aromatic carbocycles. The average Bonchev–Trinajstić information content (AvgIpc) is 2.95. The van der Waals surface area contributed by atoms with Crippen LogP contribution in [0.3, 0.4) is 0 Å². The van der Waals surface area contributed by atoms with Crippen LogP contribution in [0.1, 0.15) is 24.5 Å². The van der Waals surface area contributed by atoms with Gasteiger partial charge in [-0.15, -0.1) is 0 Å². The van der Waals surface area contributed by atoms with E-state index in [2.05, 4.69) is 49.4 Å². The molecule has 1 aliphatic carbocycles. The minimum atomic E-state index is 0.228. The molecule has 0 amide bonds. The van der Waals surface area contributed by atoms with E-state index >= 15 is 0 Å². The van der Waals surface area contributed by atoms with Crippen LogP contribution >= 0.6 is 0 Å². The van der Waals surface area contributed by atoms with E-state index in [0.29, 0.717) is 19.1 Å². The van der Waals surface area contributed by atoms with E-state index < -0.39 is 0 Å². The summed E-state index contributed by atoms with van der Waals surface area (Å²) in [5.74, 6) is 0.363. The second kappa shape index (κ2) is 8.09. The predicted octanol–water partition coefficient (Wildman–Crippen LogP) is 4.75. The third kappa shape index (κ3) is 4.54. The van der Waals surface area contributed by atoms with E-state index in [-0.39, 0.29) is 6.10 Å². The van der Waals surface area contributed by atoms with Crippen molar-refractivity contribution < 1.29 is 9.47 Å². The van der Waals surface area contributed by atoms with E-state index in [1.807, 2.05) is 24.3 Å². The lowest BCUT2D eigenvalue weighted by Crippen LogP contribution is -2.24. The van der Waals surface area contributed by atoms with Gasteiger partial charge in [-0.2, -0.15) is 0 Å². The van der Waals surface area contributed by atoms with E-state index in [0.717, 1.165) is 13.0 Å². The molecule has 0 saturated heterocycles. The molecule has 0 radical (unpaired) electrons. The molecule has 2 nitrogen and oxygen atoms in total. The highest BCUT2D eigenvalue weighted by molar-refractivity contribution is 5.16. The highest BCUT2D eigenvalue weighted by Crippen LogP contribution is 2.29. The second-order valence-electron chi connectivity index (χ2n) is 6.13. The number of rotatable bonds is 7. The van der Waals surface area contributed by atoms with Gasteiger partial charge in [-0.1, -0.05) is 72.3 Å². The topological polar surface area (TPSA) is 18.5 Å². The summed E-state index contributed by atoms with van der Waals surface area (Å²) in [7, 11) is 0. The molecule has 0 aliphatic heterocycles. The van der Waals surface area contributed by atoms with Crippen molar-refractivity contribution in [3.8, 4) is 0 Å². The van der Waals surface area contributed by atoms with Gasteiger partial charge in [0.1, 0.15) is 0 Å². The Morgan fingerprint density at radius 1 is 0.870 bits per heavy atom. The fourth-order valence-corrected chi connectivity index (χ4v) is 2.99. The quantitative estimate of drug-likeness (QED) is 0.687. The van der Waals surface area contributed by atoms with Crippen LogP contribution in [0, 0.1) is 5.92 Å². The predicted molar refractivity (Wildman–Crippen MR) is 93.0 cm³/mol. The van der Waals surface area contributed by atoms with Crippen molar-refractivity contribution in [2.75, 3.05) is 6.61 Å². The van der Waals surface area contributed by atoms with Crippen LogP contribution in [0.15, 0.2) is 72.3 Å². The van der Waals surface area contributed by atoms with Gasteiger partial charge in [0.2, 0.25) is 0 Å². The van der Waals surface area contributed by atoms with Crippen LogP contribution in [-0.4, -0.2) is 12.7 Å². The first kappa shape index (κ1) is 16.0. The molecule has 0 bridgehead atoms. The summed E-state index contributed by atoms with van der Waals surface area (Å²) >= 11 is 0. The van der Waals surface area contributed by atoms with Gasteiger partial charge < -0.3 is 9.47 Å². The first-order valence-electron chi connectivity index (χ1n) is 8.27. The number of benzene rings is 2. The normalized spacial score (nSPS) is 20.5. The largest absolute Gasteiger partial charge is 0.376 e. The van der Waals surface area contributed by atoms with Gasteiger partial charge in [0.15, 0.2) is 0 Å². The molecule has 0 saturated carbocycles. The van der Waals surface area contributed by atoms with Gasteiger partial charge in [0.25, 0.3) is 0 Å². The Bertz CT molecular complexity index is 619. The Labute approximate surface area is 138 Å². The van der Waals surface area contributed by atoms with E-state index in [1.54, 1.807) is 0 Å². The smallest absolute Gasteiger partial charge is 0.0721 e. The van der Waals surface area contributed by atoms with Crippen molar-refractivity contribution in [1.82, 2.24) is 0 Å². The molecule has 2 aromatic rings. The summed E-state index contributed by atoms with van der Waals surface area (Å²) in [4.78, 5) is 0. The lowest BCUT2D eigenvalue weighted by atomic mass is 10.0. The highest BCUT2D eigenvalue weighted by atomic mass is 16.5. The Morgan fingerprint density at radius 2 is 1.48 bits per heavy atom. The van der Waals surface area contributed by atoms with E-state index in [1.165, 1.54) is 16.7 Å². The molecule has 2 atom stereocenters. The van der Waals surface area contributed by atoms with Crippen LogP contribution in [-0.2, 0) is 22.7 Å². The third-order valence-corrected chi connectivity index (χ3v) is 4.42. The molecule has 0 N–H and O–H groups in total. The molecule has 3 rings (SSSR count). The summed E-state index contributed by atoms with van der Waals surface area (Å²) in [6.45, 7) is 4.23. The minimum absolute atomic E-state index is 0.228. The summed E-state index contributed by atoms with van der Waals surface area (Å²) in [5.41, 5.74) is 3.83. The van der Waals surface area contributed by atoms with Gasteiger partial charge in [-0.25, -0.2) is 0 Å². The van der Waals surface area contributed by atoms with Crippen molar-refractivity contribution >= 4 is 0 Å². The maximum absolute atomic E-state index is 6.14. The molecule has 2 heteroatoms. The fraction of sp³-hybridized carbons (Fsp3) is 0.333. The minimum Gasteiger partial charge on any atom is -0.376 e. The Morgan fingerprint density at radius 3 is 2.13 bits per heavy atom. The first-order chi connectivity index (χ1) is 11.3. The molecule has 1 aliphatic rings. The van der Waals surface area contributed by atoms with Crippen molar-refractivity contribution in [1.29, 1.82) is 0 Å². The Balaban J connectivity index is 1.49. The van der Waals surface area contributed by atoms with E-state index in [9.17, 15) is 0 Å². The molecule has 0 spiro atoms. The maximum Gasteiger partial charge on any atom is 0.0721 e. The van der Waals surface area contributed by atoms with Gasteiger partial charge in [-0.05, 0) is 24.5 Å². The summed E-state index contributed by atoms with van der Waals surface area (Å²) in [5, 5.41) is 0. The zero-order valence-corrected chi connectivity index (χ0v) is 13.7. The number of hydrogen-bond donors (Lipinski definition) is 0. The Kier molecular flexibility index (Phi) is 5.62. The van der Waals surface area contributed by atoms with Crippen LogP contribution < -0.4 is 0 Å². The van der Waals surface area contributed by atoms with E-state index in [4.69, 9.17) is 9.47 Å². The zero-order valence-electron chi connectivity index (χ0n) is 13.7.